The van der Waals surface area contributed by atoms with Crippen molar-refractivity contribution in [1.29, 1.82) is 0 Å². The average molecular weight is 300 g/mol. The highest BCUT2D eigenvalue weighted by molar-refractivity contribution is 5.77. The van der Waals surface area contributed by atoms with Gasteiger partial charge in [-0.1, -0.05) is 40.0 Å². The highest BCUT2D eigenvalue weighted by atomic mass is 16.5. The number of unbranched alkanes of at least 4 members (excludes halogenated alkanes) is 3. The normalized spacial score (nSPS) is 13.8. The van der Waals surface area contributed by atoms with Gasteiger partial charge >= 0.3 is 11.9 Å². The molecule has 0 fully saturated rings. The Balaban J connectivity index is 3.76. The summed E-state index contributed by atoms with van der Waals surface area (Å²) < 4.78 is 10.5. The maximum Gasteiger partial charge on any atom is 0.306 e. The lowest BCUT2D eigenvalue weighted by Crippen LogP contribution is -2.21. The average Bonchev–Trinajstić information content (AvgIpc) is 2.41. The van der Waals surface area contributed by atoms with Crippen LogP contribution in [0.5, 0.6) is 0 Å². The number of hydrogen-bond donors (Lipinski definition) is 0. The van der Waals surface area contributed by atoms with Crippen LogP contribution in [0.1, 0.15) is 79.6 Å². The van der Waals surface area contributed by atoms with Gasteiger partial charge in [0.2, 0.25) is 0 Å². The number of hydrogen-bond acceptors (Lipinski definition) is 4. The second kappa shape index (κ2) is 11.6. The fourth-order valence-corrected chi connectivity index (χ4v) is 1.81. The summed E-state index contributed by atoms with van der Waals surface area (Å²) in [7, 11) is 0. The molecule has 0 N–H and O–H groups in total. The minimum atomic E-state index is -0.330. The number of ether oxygens (including phenoxy) is 2. The van der Waals surface area contributed by atoms with Gasteiger partial charge in [-0.3, -0.25) is 9.59 Å². The Morgan fingerprint density at radius 3 is 1.95 bits per heavy atom. The molecule has 0 saturated heterocycles. The van der Waals surface area contributed by atoms with E-state index in [2.05, 4.69) is 6.92 Å². The molecule has 0 aliphatic heterocycles. The Labute approximate surface area is 129 Å². The predicted octanol–water partition coefficient (Wildman–Crippen LogP) is 4.26. The van der Waals surface area contributed by atoms with Gasteiger partial charge in [0.1, 0.15) is 6.10 Å². The topological polar surface area (TPSA) is 52.6 Å². The third-order valence-corrected chi connectivity index (χ3v) is 3.59. The largest absolute Gasteiger partial charge is 0.463 e. The summed E-state index contributed by atoms with van der Waals surface area (Å²) in [6, 6.07) is 0. The zero-order valence-electron chi connectivity index (χ0n) is 14.3. The van der Waals surface area contributed by atoms with Crippen LogP contribution in [0.3, 0.4) is 0 Å². The molecule has 0 saturated carbocycles. The van der Waals surface area contributed by atoms with Crippen molar-refractivity contribution in [3.63, 3.8) is 0 Å². The molecule has 0 aromatic heterocycles. The van der Waals surface area contributed by atoms with Gasteiger partial charge in [-0.15, -0.1) is 0 Å². The zero-order valence-corrected chi connectivity index (χ0v) is 14.3. The third-order valence-electron chi connectivity index (χ3n) is 3.59. The van der Waals surface area contributed by atoms with E-state index in [1.54, 1.807) is 0 Å². The quantitative estimate of drug-likeness (QED) is 0.422. The summed E-state index contributed by atoms with van der Waals surface area (Å²) in [5.41, 5.74) is 0. The molecule has 2 unspecified atom stereocenters. The van der Waals surface area contributed by atoms with E-state index in [1.807, 2.05) is 27.7 Å². The number of esters is 2. The Kier molecular flexibility index (Phi) is 11.0. The molecule has 0 spiro atoms. The van der Waals surface area contributed by atoms with E-state index in [-0.39, 0.29) is 42.9 Å². The van der Waals surface area contributed by atoms with Gasteiger partial charge in [0.05, 0.1) is 18.9 Å². The van der Waals surface area contributed by atoms with Crippen LogP contribution in [0.2, 0.25) is 0 Å². The molecule has 0 heterocycles. The Hall–Kier alpha value is -1.06. The van der Waals surface area contributed by atoms with E-state index in [4.69, 9.17) is 9.47 Å². The van der Waals surface area contributed by atoms with Crippen LogP contribution < -0.4 is 0 Å². The molecule has 2 atom stereocenters. The van der Waals surface area contributed by atoms with E-state index >= 15 is 0 Å². The van der Waals surface area contributed by atoms with Gasteiger partial charge in [0, 0.05) is 0 Å². The maximum absolute atomic E-state index is 11.6. The van der Waals surface area contributed by atoms with E-state index in [0.29, 0.717) is 0 Å². The molecule has 0 amide bonds. The van der Waals surface area contributed by atoms with Crippen LogP contribution in [0.25, 0.3) is 0 Å². The number of rotatable bonds is 11. The van der Waals surface area contributed by atoms with Crippen LogP contribution in [0.4, 0.5) is 0 Å². The maximum atomic E-state index is 11.6. The second-order valence-electron chi connectivity index (χ2n) is 6.09. The Morgan fingerprint density at radius 1 is 0.857 bits per heavy atom. The molecule has 0 radical (unpaired) electrons. The molecule has 0 rings (SSSR count). The lowest BCUT2D eigenvalue weighted by Gasteiger charge is -2.16. The van der Waals surface area contributed by atoms with Crippen molar-refractivity contribution >= 4 is 11.9 Å². The van der Waals surface area contributed by atoms with E-state index in [9.17, 15) is 9.59 Å². The van der Waals surface area contributed by atoms with Gasteiger partial charge in [0.15, 0.2) is 0 Å². The molecule has 0 aliphatic carbocycles. The monoisotopic (exact) mass is 300 g/mol. The van der Waals surface area contributed by atoms with Crippen molar-refractivity contribution in [1.82, 2.24) is 0 Å². The van der Waals surface area contributed by atoms with Gasteiger partial charge in [0.25, 0.3) is 0 Å². The standard InChI is InChI=1S/C17H32O4/c1-6-7-8-9-10-14(4)20-16(18)11-12-17(19)21-15(5)13(2)3/h13-15H,6-12H2,1-5H3. The predicted molar refractivity (Wildman–Crippen MR) is 83.9 cm³/mol. The summed E-state index contributed by atoms with van der Waals surface area (Å²) in [6.45, 7) is 9.92. The Bertz CT molecular complexity index is 299. The first-order valence-electron chi connectivity index (χ1n) is 8.25. The molecular formula is C17H32O4. The first-order valence-corrected chi connectivity index (χ1v) is 8.25. The molecule has 0 bridgehead atoms. The molecular weight excluding hydrogens is 268 g/mol. The Morgan fingerprint density at radius 2 is 1.43 bits per heavy atom. The van der Waals surface area contributed by atoms with Gasteiger partial charge < -0.3 is 9.47 Å². The minimum absolute atomic E-state index is 0.0695. The molecule has 21 heavy (non-hydrogen) atoms. The summed E-state index contributed by atoms with van der Waals surface area (Å²) in [5.74, 6) is -0.361. The van der Waals surface area contributed by atoms with Crippen molar-refractivity contribution in [2.45, 2.75) is 91.8 Å². The summed E-state index contributed by atoms with van der Waals surface area (Å²) in [5, 5.41) is 0. The molecule has 0 aromatic carbocycles. The van der Waals surface area contributed by atoms with Crippen molar-refractivity contribution < 1.29 is 19.1 Å². The van der Waals surface area contributed by atoms with Crippen molar-refractivity contribution in [2.75, 3.05) is 0 Å². The minimum Gasteiger partial charge on any atom is -0.463 e. The van der Waals surface area contributed by atoms with Gasteiger partial charge in [-0.05, 0) is 32.6 Å². The fourth-order valence-electron chi connectivity index (χ4n) is 1.81. The fraction of sp³-hybridized carbons (Fsp3) is 0.882. The van der Waals surface area contributed by atoms with Crippen molar-refractivity contribution in [2.24, 2.45) is 5.92 Å². The highest BCUT2D eigenvalue weighted by Gasteiger charge is 2.16. The molecule has 4 nitrogen and oxygen atoms in total. The second-order valence-corrected chi connectivity index (χ2v) is 6.09. The van der Waals surface area contributed by atoms with Crippen LogP contribution in [0.15, 0.2) is 0 Å². The molecule has 0 aliphatic rings. The lowest BCUT2D eigenvalue weighted by molar-refractivity contribution is -0.156. The van der Waals surface area contributed by atoms with E-state index < -0.39 is 0 Å². The van der Waals surface area contributed by atoms with Gasteiger partial charge in [-0.25, -0.2) is 0 Å². The molecule has 124 valence electrons. The zero-order chi connectivity index (χ0) is 16.3. The first-order chi connectivity index (χ1) is 9.86. The van der Waals surface area contributed by atoms with E-state index in [1.165, 1.54) is 19.3 Å². The van der Waals surface area contributed by atoms with E-state index in [0.717, 1.165) is 12.8 Å². The highest BCUT2D eigenvalue weighted by Crippen LogP contribution is 2.10. The van der Waals surface area contributed by atoms with Crippen LogP contribution in [0, 0.1) is 5.92 Å². The van der Waals surface area contributed by atoms with Crippen LogP contribution in [-0.4, -0.2) is 24.1 Å². The first kappa shape index (κ1) is 19.9. The summed E-state index contributed by atoms with van der Waals surface area (Å²) >= 11 is 0. The SMILES string of the molecule is CCCCCCC(C)OC(=O)CCC(=O)OC(C)C(C)C. The third kappa shape index (κ3) is 11.3. The molecule has 0 aromatic rings. The smallest absolute Gasteiger partial charge is 0.306 e. The number of carbonyl (C=O) groups is 2. The summed E-state index contributed by atoms with van der Waals surface area (Å²) in [4.78, 5) is 23.2. The van der Waals surface area contributed by atoms with Crippen LogP contribution in [-0.2, 0) is 19.1 Å². The van der Waals surface area contributed by atoms with Crippen LogP contribution >= 0.6 is 0 Å². The summed E-state index contributed by atoms with van der Waals surface area (Å²) in [6.07, 6.45) is 5.58. The molecule has 4 heteroatoms. The van der Waals surface area contributed by atoms with Crippen molar-refractivity contribution in [3.05, 3.63) is 0 Å². The van der Waals surface area contributed by atoms with Gasteiger partial charge in [-0.2, -0.15) is 0 Å². The van der Waals surface area contributed by atoms with Crippen molar-refractivity contribution in [3.8, 4) is 0 Å². The lowest BCUT2D eigenvalue weighted by atomic mass is 10.1. The number of carbonyl (C=O) groups excluding carboxylic acids is 2.